The molecule has 0 aliphatic carbocycles. The fraction of sp³-hybridized carbons (Fsp3) is 0.0833. The van der Waals surface area contributed by atoms with Crippen LogP contribution in [0, 0.1) is 28.4 Å². The molecule has 0 atom stereocenters. The van der Waals surface area contributed by atoms with Crippen LogP contribution in [0.5, 0.6) is 5.75 Å². The van der Waals surface area contributed by atoms with Crippen molar-refractivity contribution in [2.75, 3.05) is 0 Å². The average molecular weight is 489 g/mol. The van der Waals surface area contributed by atoms with E-state index in [1.165, 1.54) is 12.1 Å². The fourth-order valence-corrected chi connectivity index (χ4v) is 3.62. The number of rotatable bonds is 6. The molecule has 0 spiro atoms. The maximum Gasteiger partial charge on any atom is 0.269 e. The minimum absolute atomic E-state index is 0.00825. The summed E-state index contributed by atoms with van der Waals surface area (Å²) in [5, 5.41) is 20.8. The maximum atomic E-state index is 11.0. The minimum atomic E-state index is -0.439. The summed E-state index contributed by atoms with van der Waals surface area (Å²) in [6, 6.07) is 19.8. The van der Waals surface area contributed by atoms with Gasteiger partial charge in [-0.3, -0.25) is 10.1 Å². The lowest BCUT2D eigenvalue weighted by Gasteiger charge is -2.10. The van der Waals surface area contributed by atoms with Gasteiger partial charge in [0.05, 0.1) is 21.5 Å². The number of benzene rings is 3. The fourth-order valence-electron chi connectivity index (χ4n) is 3.24. The van der Waals surface area contributed by atoms with Crippen LogP contribution >= 0.6 is 15.9 Å². The Bertz CT molecular complexity index is 1400. The predicted molar refractivity (Wildman–Crippen MR) is 126 cm³/mol. The Morgan fingerprint density at radius 2 is 2.09 bits per heavy atom. The third-order valence-corrected chi connectivity index (χ3v) is 5.29. The van der Waals surface area contributed by atoms with Crippen molar-refractivity contribution in [3.05, 3.63) is 97.8 Å². The summed E-state index contributed by atoms with van der Waals surface area (Å²) in [5.41, 5.74) is 4.45. The molecule has 0 saturated carbocycles. The third-order valence-electron chi connectivity index (χ3n) is 4.80. The van der Waals surface area contributed by atoms with Crippen molar-refractivity contribution in [1.29, 1.82) is 5.26 Å². The van der Waals surface area contributed by atoms with E-state index < -0.39 is 4.92 Å². The number of nitro groups is 1. The van der Waals surface area contributed by atoms with Crippen LogP contribution in [-0.4, -0.2) is 14.9 Å². The number of nitrogens with one attached hydrogen (secondary N) is 1. The molecule has 158 valence electrons. The normalized spacial score (nSPS) is 11.3. The Morgan fingerprint density at radius 1 is 1.25 bits per heavy atom. The van der Waals surface area contributed by atoms with Crippen molar-refractivity contribution in [2.45, 2.75) is 13.5 Å². The molecule has 0 saturated heterocycles. The summed E-state index contributed by atoms with van der Waals surface area (Å²) in [6.45, 7) is 2.14. The molecule has 0 bridgehead atoms. The topological polar surface area (TPSA) is 105 Å². The molecule has 1 N–H and O–H groups in total. The second kappa shape index (κ2) is 9.04. The van der Waals surface area contributed by atoms with Gasteiger partial charge < -0.3 is 9.72 Å². The number of hydrogen-bond acceptors (Lipinski definition) is 5. The lowest BCUT2D eigenvalue weighted by atomic mass is 10.1. The summed E-state index contributed by atoms with van der Waals surface area (Å²) in [4.78, 5) is 18.3. The second-order valence-corrected chi connectivity index (χ2v) is 8.09. The average Bonchev–Trinajstić information content (AvgIpc) is 3.20. The second-order valence-electron chi connectivity index (χ2n) is 7.17. The summed E-state index contributed by atoms with van der Waals surface area (Å²) in [5.74, 6) is 1.01. The Morgan fingerprint density at radius 3 is 2.88 bits per heavy atom. The number of fused-ring (bicyclic) bond motifs is 1. The SMILES string of the molecule is Cc1ccc2nc(/C(C#N)=C\c3cc(Br)ccc3OCc3cccc([N+](=O)[O-])c3)[nH]c2c1. The summed E-state index contributed by atoms with van der Waals surface area (Å²) in [6.07, 6.45) is 1.71. The monoisotopic (exact) mass is 488 g/mol. The molecule has 7 nitrogen and oxygen atoms in total. The molecular weight excluding hydrogens is 472 g/mol. The molecule has 1 heterocycles. The molecule has 0 aliphatic rings. The van der Waals surface area contributed by atoms with Crippen molar-refractivity contribution in [2.24, 2.45) is 0 Å². The van der Waals surface area contributed by atoms with E-state index in [-0.39, 0.29) is 12.3 Å². The number of nitriles is 1. The van der Waals surface area contributed by atoms with E-state index in [1.54, 1.807) is 24.3 Å². The largest absolute Gasteiger partial charge is 0.488 e. The Kier molecular flexibility index (Phi) is 6.01. The van der Waals surface area contributed by atoms with Crippen molar-refractivity contribution in [3.63, 3.8) is 0 Å². The zero-order valence-corrected chi connectivity index (χ0v) is 18.6. The molecule has 32 heavy (non-hydrogen) atoms. The molecular formula is C24H17BrN4O3. The highest BCUT2D eigenvalue weighted by atomic mass is 79.9. The third kappa shape index (κ3) is 4.68. The van der Waals surface area contributed by atoms with Gasteiger partial charge in [0.1, 0.15) is 24.3 Å². The number of nitro benzene ring substituents is 1. The number of nitrogens with zero attached hydrogens (tertiary/aromatic N) is 3. The Balaban J connectivity index is 1.66. The molecule has 1 aromatic heterocycles. The number of ether oxygens (including phenoxy) is 1. The molecule has 8 heteroatoms. The van der Waals surface area contributed by atoms with Gasteiger partial charge in [0.25, 0.3) is 5.69 Å². The van der Waals surface area contributed by atoms with Crippen molar-refractivity contribution >= 4 is 44.3 Å². The van der Waals surface area contributed by atoms with E-state index in [1.807, 2.05) is 37.3 Å². The van der Waals surface area contributed by atoms with Crippen LogP contribution in [0.25, 0.3) is 22.7 Å². The number of non-ortho nitro benzene ring substituents is 1. The van der Waals surface area contributed by atoms with E-state index >= 15 is 0 Å². The van der Waals surface area contributed by atoms with Gasteiger partial charge in [-0.25, -0.2) is 4.98 Å². The number of aromatic amines is 1. The van der Waals surface area contributed by atoms with Gasteiger partial charge in [0.15, 0.2) is 0 Å². The van der Waals surface area contributed by atoms with Crippen LogP contribution < -0.4 is 4.74 Å². The van der Waals surface area contributed by atoms with E-state index in [2.05, 4.69) is 32.0 Å². The first kappa shape index (κ1) is 21.3. The Hall–Kier alpha value is -3.96. The van der Waals surface area contributed by atoms with Gasteiger partial charge in [-0.15, -0.1) is 0 Å². The highest BCUT2D eigenvalue weighted by molar-refractivity contribution is 9.10. The first-order valence-corrected chi connectivity index (χ1v) is 10.5. The smallest absolute Gasteiger partial charge is 0.269 e. The lowest BCUT2D eigenvalue weighted by molar-refractivity contribution is -0.384. The van der Waals surface area contributed by atoms with E-state index in [0.717, 1.165) is 21.1 Å². The van der Waals surface area contributed by atoms with Gasteiger partial charge in [0, 0.05) is 22.2 Å². The van der Waals surface area contributed by atoms with Crippen LogP contribution in [0.1, 0.15) is 22.5 Å². The number of aryl methyl sites for hydroxylation is 1. The molecule has 0 amide bonds. The summed E-state index contributed by atoms with van der Waals surface area (Å²) in [7, 11) is 0. The summed E-state index contributed by atoms with van der Waals surface area (Å²) >= 11 is 3.46. The zero-order valence-electron chi connectivity index (χ0n) is 17.0. The Labute approximate surface area is 192 Å². The molecule has 0 aliphatic heterocycles. The van der Waals surface area contributed by atoms with E-state index in [9.17, 15) is 15.4 Å². The first-order chi connectivity index (χ1) is 15.4. The van der Waals surface area contributed by atoms with Gasteiger partial charge in [-0.05, 0) is 54.5 Å². The number of H-pyrrole nitrogens is 1. The molecule has 0 fully saturated rings. The van der Waals surface area contributed by atoms with Gasteiger partial charge >= 0.3 is 0 Å². The molecule has 0 radical (unpaired) electrons. The molecule has 4 aromatic rings. The molecule has 3 aromatic carbocycles. The van der Waals surface area contributed by atoms with Crippen LogP contribution in [-0.2, 0) is 6.61 Å². The number of hydrogen-bond donors (Lipinski definition) is 1. The maximum absolute atomic E-state index is 11.0. The van der Waals surface area contributed by atoms with Crippen LogP contribution in [0.15, 0.2) is 65.1 Å². The van der Waals surface area contributed by atoms with Gasteiger partial charge in [-0.2, -0.15) is 5.26 Å². The number of allylic oxidation sites excluding steroid dienone is 1. The van der Waals surface area contributed by atoms with Crippen LogP contribution in [0.2, 0.25) is 0 Å². The molecule has 0 unspecified atom stereocenters. The zero-order chi connectivity index (χ0) is 22.7. The first-order valence-electron chi connectivity index (χ1n) is 9.67. The van der Waals surface area contributed by atoms with Crippen molar-refractivity contribution < 1.29 is 9.66 Å². The molecule has 4 rings (SSSR count). The van der Waals surface area contributed by atoms with Crippen molar-refractivity contribution in [1.82, 2.24) is 9.97 Å². The highest BCUT2D eigenvalue weighted by Crippen LogP contribution is 2.29. The van der Waals surface area contributed by atoms with E-state index in [0.29, 0.717) is 28.3 Å². The lowest BCUT2D eigenvalue weighted by Crippen LogP contribution is -1.98. The van der Waals surface area contributed by atoms with Gasteiger partial charge in [0.2, 0.25) is 0 Å². The van der Waals surface area contributed by atoms with Crippen molar-refractivity contribution in [3.8, 4) is 11.8 Å². The minimum Gasteiger partial charge on any atom is -0.488 e. The quantitative estimate of drug-likeness (QED) is 0.198. The number of imidazole rings is 1. The predicted octanol–water partition coefficient (Wildman–Crippen LogP) is 6.19. The summed E-state index contributed by atoms with van der Waals surface area (Å²) < 4.78 is 6.76. The number of halogens is 1. The standard InChI is InChI=1S/C24H17BrN4O3/c1-15-5-7-21-22(9-15)28-24(27-21)18(13-26)11-17-12-19(25)6-8-23(17)32-14-16-3-2-4-20(10-16)29(30)31/h2-12H,14H2,1H3,(H,27,28)/b18-11-. The highest BCUT2D eigenvalue weighted by Gasteiger charge is 2.12. The van der Waals surface area contributed by atoms with Crippen LogP contribution in [0.4, 0.5) is 5.69 Å². The number of aromatic nitrogens is 2. The van der Waals surface area contributed by atoms with Gasteiger partial charge in [-0.1, -0.05) is 34.1 Å². The van der Waals surface area contributed by atoms with E-state index in [4.69, 9.17) is 4.74 Å². The van der Waals surface area contributed by atoms with Crippen LogP contribution in [0.3, 0.4) is 0 Å².